The Morgan fingerprint density at radius 2 is 2.29 bits per heavy atom. The molecule has 0 spiro atoms. The zero-order chi connectivity index (χ0) is 15.2. The van der Waals surface area contributed by atoms with Crippen LogP contribution in [0.4, 0.5) is 0 Å². The quantitative estimate of drug-likeness (QED) is 0.672. The number of nitrogens with zero attached hydrogens (tertiary/aromatic N) is 2. The van der Waals surface area contributed by atoms with Crippen molar-refractivity contribution < 1.29 is 4.79 Å². The van der Waals surface area contributed by atoms with Gasteiger partial charge in [-0.2, -0.15) is 0 Å². The Morgan fingerprint density at radius 3 is 2.81 bits per heavy atom. The topological polar surface area (TPSA) is 32.7 Å². The Morgan fingerprint density at radius 1 is 1.57 bits per heavy atom. The van der Waals surface area contributed by atoms with E-state index in [-0.39, 0.29) is 0 Å². The van der Waals surface area contributed by atoms with Gasteiger partial charge in [0.05, 0.1) is 10.2 Å². The zero-order valence-corrected chi connectivity index (χ0v) is 15.0. The summed E-state index contributed by atoms with van der Waals surface area (Å²) >= 11 is 5.20. The van der Waals surface area contributed by atoms with Crippen LogP contribution in [0.25, 0.3) is 0 Å². The maximum atomic E-state index is 11.5. The van der Waals surface area contributed by atoms with Crippen molar-refractivity contribution in [2.75, 3.05) is 0 Å². The summed E-state index contributed by atoms with van der Waals surface area (Å²) in [5, 5.41) is 2.91. The highest BCUT2D eigenvalue weighted by molar-refractivity contribution is 9.12. The molecular weight excluding hydrogens is 348 g/mol. The van der Waals surface area contributed by atoms with Crippen LogP contribution in [0.1, 0.15) is 46.5 Å². The van der Waals surface area contributed by atoms with Crippen LogP contribution in [0.15, 0.2) is 32.0 Å². The van der Waals surface area contributed by atoms with E-state index >= 15 is 0 Å². The first kappa shape index (κ1) is 15.1. The lowest BCUT2D eigenvalue weighted by Gasteiger charge is -2.47. The summed E-state index contributed by atoms with van der Waals surface area (Å²) in [6, 6.07) is 0. The molecule has 112 valence electrons. The summed E-state index contributed by atoms with van der Waals surface area (Å²) in [6.45, 7) is 6.50. The van der Waals surface area contributed by atoms with E-state index in [1.807, 2.05) is 17.2 Å². The molecule has 0 saturated heterocycles. The van der Waals surface area contributed by atoms with Gasteiger partial charge < -0.3 is 0 Å². The highest BCUT2D eigenvalue weighted by atomic mass is 79.9. The van der Waals surface area contributed by atoms with Gasteiger partial charge in [0.2, 0.25) is 0 Å². The standard InChI is InChI=1S/C16H19BrN2OS/c1-4-16(6-5-7-16)11(3)14-13(17)12(8-20)19-10(2)9-21-15(19)18-14/h9,11H,4-7H2,1-3H3. The van der Waals surface area contributed by atoms with Gasteiger partial charge in [0, 0.05) is 11.6 Å². The largest absolute Gasteiger partial charge is 0.282 e. The van der Waals surface area contributed by atoms with E-state index in [4.69, 9.17) is 4.99 Å². The summed E-state index contributed by atoms with van der Waals surface area (Å²) in [5.74, 6) is 2.45. The SMILES string of the molecule is CCC1(C(C)C2=C(Br)C(=C=O)N3C(C)=CSC3=N2)CCC1. The Balaban J connectivity index is 2.03. The number of allylic oxidation sites excluding steroid dienone is 3. The van der Waals surface area contributed by atoms with Gasteiger partial charge in [-0.05, 0) is 52.9 Å². The van der Waals surface area contributed by atoms with Gasteiger partial charge in [-0.1, -0.05) is 32.0 Å². The number of thioether (sulfide) groups is 1. The van der Waals surface area contributed by atoms with E-state index in [1.54, 1.807) is 11.8 Å². The number of rotatable bonds is 3. The van der Waals surface area contributed by atoms with Crippen molar-refractivity contribution in [2.45, 2.75) is 46.5 Å². The molecule has 1 unspecified atom stereocenters. The molecule has 1 aliphatic carbocycles. The van der Waals surface area contributed by atoms with E-state index in [1.165, 1.54) is 19.3 Å². The second-order valence-electron chi connectivity index (χ2n) is 6.05. The number of carbonyl (C=O) groups excluding carboxylic acids is 1. The van der Waals surface area contributed by atoms with Gasteiger partial charge >= 0.3 is 0 Å². The lowest BCUT2D eigenvalue weighted by atomic mass is 9.59. The third-order valence-electron chi connectivity index (χ3n) is 5.23. The molecule has 2 aliphatic heterocycles. The number of aliphatic imine (C=N–C) groups is 1. The Labute approximate surface area is 138 Å². The van der Waals surface area contributed by atoms with Crippen LogP contribution in [0.2, 0.25) is 0 Å². The molecule has 0 aromatic rings. The van der Waals surface area contributed by atoms with Crippen LogP contribution < -0.4 is 0 Å². The molecule has 0 radical (unpaired) electrons. The predicted molar refractivity (Wildman–Crippen MR) is 91.5 cm³/mol. The van der Waals surface area contributed by atoms with Crippen molar-refractivity contribution in [2.24, 2.45) is 16.3 Å². The second kappa shape index (κ2) is 5.45. The third kappa shape index (κ3) is 2.18. The number of halogens is 1. The maximum absolute atomic E-state index is 11.5. The number of amidine groups is 1. The van der Waals surface area contributed by atoms with E-state index in [9.17, 15) is 4.79 Å². The summed E-state index contributed by atoms with van der Waals surface area (Å²) in [4.78, 5) is 18.2. The maximum Gasteiger partial charge on any atom is 0.178 e. The minimum absolute atomic E-state index is 0.348. The van der Waals surface area contributed by atoms with Crippen molar-refractivity contribution in [3.05, 3.63) is 27.0 Å². The van der Waals surface area contributed by atoms with Gasteiger partial charge in [-0.15, -0.1) is 0 Å². The fraction of sp³-hybridized carbons (Fsp3) is 0.562. The Hall–Kier alpha value is -0.770. The molecule has 1 saturated carbocycles. The normalized spacial score (nSPS) is 25.0. The number of hydrogen-bond acceptors (Lipinski definition) is 4. The van der Waals surface area contributed by atoms with Crippen LogP contribution >= 0.6 is 27.7 Å². The summed E-state index contributed by atoms with van der Waals surface area (Å²) < 4.78 is 0.809. The molecule has 3 aliphatic rings. The van der Waals surface area contributed by atoms with Crippen LogP contribution in [-0.4, -0.2) is 16.0 Å². The molecule has 0 aromatic carbocycles. The zero-order valence-electron chi connectivity index (χ0n) is 12.6. The van der Waals surface area contributed by atoms with Crippen LogP contribution in [0.3, 0.4) is 0 Å². The Kier molecular flexibility index (Phi) is 3.93. The van der Waals surface area contributed by atoms with E-state index in [0.29, 0.717) is 17.0 Å². The van der Waals surface area contributed by atoms with Crippen molar-refractivity contribution in [3.8, 4) is 0 Å². The third-order valence-corrected chi connectivity index (χ3v) is 6.96. The van der Waals surface area contributed by atoms with Gasteiger partial charge in [0.15, 0.2) is 11.1 Å². The molecule has 21 heavy (non-hydrogen) atoms. The highest BCUT2D eigenvalue weighted by Crippen LogP contribution is 2.54. The van der Waals surface area contributed by atoms with Crippen molar-refractivity contribution in [1.82, 2.24) is 4.90 Å². The summed E-state index contributed by atoms with van der Waals surface area (Å²) in [7, 11) is 0. The molecule has 0 aromatic heterocycles. The minimum Gasteiger partial charge on any atom is -0.282 e. The van der Waals surface area contributed by atoms with Crippen LogP contribution in [-0.2, 0) is 4.79 Å². The Bertz CT molecular complexity index is 619. The van der Waals surface area contributed by atoms with Crippen molar-refractivity contribution in [3.63, 3.8) is 0 Å². The van der Waals surface area contributed by atoms with Gasteiger partial charge in [-0.3, -0.25) is 4.90 Å². The van der Waals surface area contributed by atoms with E-state index < -0.39 is 0 Å². The number of fused-ring (bicyclic) bond motifs is 1. The van der Waals surface area contributed by atoms with Gasteiger partial charge in [0.1, 0.15) is 5.70 Å². The minimum atomic E-state index is 0.348. The lowest BCUT2D eigenvalue weighted by molar-refractivity contribution is 0.0717. The fourth-order valence-corrected chi connectivity index (χ4v) is 5.07. The molecule has 3 nitrogen and oxygen atoms in total. The summed E-state index contributed by atoms with van der Waals surface area (Å²) in [5.41, 5.74) is 2.94. The second-order valence-corrected chi connectivity index (χ2v) is 7.68. The average Bonchev–Trinajstić information content (AvgIpc) is 2.79. The summed E-state index contributed by atoms with van der Waals surface area (Å²) in [6.07, 6.45) is 4.98. The van der Waals surface area contributed by atoms with Gasteiger partial charge in [-0.25, -0.2) is 9.79 Å². The van der Waals surface area contributed by atoms with Gasteiger partial charge in [0.25, 0.3) is 0 Å². The van der Waals surface area contributed by atoms with Crippen LogP contribution in [0, 0.1) is 11.3 Å². The molecule has 1 atom stereocenters. The van der Waals surface area contributed by atoms with E-state index in [0.717, 1.165) is 27.5 Å². The smallest absolute Gasteiger partial charge is 0.178 e. The monoisotopic (exact) mass is 366 g/mol. The van der Waals surface area contributed by atoms with E-state index in [2.05, 4.69) is 35.7 Å². The first-order valence-corrected chi connectivity index (χ1v) is 9.08. The van der Waals surface area contributed by atoms with Crippen molar-refractivity contribution >= 4 is 38.8 Å². The number of hydrogen-bond donors (Lipinski definition) is 0. The first-order valence-electron chi connectivity index (χ1n) is 7.41. The molecule has 0 N–H and O–H groups in total. The lowest BCUT2D eigenvalue weighted by Crippen LogP contribution is -2.38. The average molecular weight is 367 g/mol. The molecule has 0 amide bonds. The molecular formula is C16H19BrN2OS. The molecule has 1 fully saturated rings. The fourth-order valence-electron chi connectivity index (χ4n) is 3.51. The molecule has 5 heteroatoms. The first-order chi connectivity index (χ1) is 10.0. The van der Waals surface area contributed by atoms with Crippen molar-refractivity contribution in [1.29, 1.82) is 0 Å². The molecule has 3 rings (SSSR count). The van der Waals surface area contributed by atoms with Crippen LogP contribution in [0.5, 0.6) is 0 Å². The molecule has 2 heterocycles. The predicted octanol–water partition coefficient (Wildman–Crippen LogP) is 4.80. The molecule has 0 bridgehead atoms. The highest BCUT2D eigenvalue weighted by Gasteiger charge is 2.44.